The van der Waals surface area contributed by atoms with E-state index in [1.807, 2.05) is 0 Å². The first kappa shape index (κ1) is 15.0. The SMILES string of the molecule is FC(F)(F)Oc1cc(OC(F)(F)F)cc(-n2ccnc2)c1. The van der Waals surface area contributed by atoms with Crippen LogP contribution in [-0.2, 0) is 0 Å². The van der Waals surface area contributed by atoms with Crippen LogP contribution in [0.2, 0.25) is 0 Å². The molecule has 0 saturated carbocycles. The first-order chi connectivity index (χ1) is 9.62. The number of alkyl halides is 6. The summed E-state index contributed by atoms with van der Waals surface area (Å²) in [6, 6.07) is 2.29. The lowest BCUT2D eigenvalue weighted by atomic mass is 10.2. The summed E-state index contributed by atoms with van der Waals surface area (Å²) in [4.78, 5) is 3.64. The number of aromatic nitrogens is 2. The van der Waals surface area contributed by atoms with Crippen LogP contribution in [0.4, 0.5) is 26.3 Å². The number of halogens is 6. The number of benzene rings is 1. The third-order valence-electron chi connectivity index (χ3n) is 2.13. The summed E-state index contributed by atoms with van der Waals surface area (Å²) in [6.45, 7) is 0. The Morgan fingerprint density at radius 2 is 1.38 bits per heavy atom. The summed E-state index contributed by atoms with van der Waals surface area (Å²) >= 11 is 0. The number of nitrogens with zero attached hydrogens (tertiary/aromatic N) is 2. The summed E-state index contributed by atoms with van der Waals surface area (Å²) in [5.41, 5.74) is -0.0338. The maximum atomic E-state index is 12.2. The van der Waals surface area contributed by atoms with Crippen molar-refractivity contribution in [1.29, 1.82) is 0 Å². The maximum absolute atomic E-state index is 12.2. The fourth-order valence-electron chi connectivity index (χ4n) is 1.50. The Morgan fingerprint density at radius 3 is 1.76 bits per heavy atom. The molecular formula is C11H6F6N2O2. The first-order valence-corrected chi connectivity index (χ1v) is 5.27. The molecule has 0 unspecified atom stereocenters. The summed E-state index contributed by atoms with van der Waals surface area (Å²) in [5.74, 6) is -1.68. The molecule has 1 aromatic carbocycles. The summed E-state index contributed by atoms with van der Waals surface area (Å²) in [7, 11) is 0. The topological polar surface area (TPSA) is 36.3 Å². The van der Waals surface area contributed by atoms with E-state index in [4.69, 9.17) is 0 Å². The molecule has 0 aliphatic carbocycles. The van der Waals surface area contributed by atoms with Crippen molar-refractivity contribution in [1.82, 2.24) is 9.55 Å². The Balaban J connectivity index is 2.41. The molecule has 2 rings (SSSR count). The van der Waals surface area contributed by atoms with Crippen molar-refractivity contribution in [3.8, 4) is 17.2 Å². The van der Waals surface area contributed by atoms with Gasteiger partial charge in [-0.3, -0.25) is 0 Å². The Bertz CT molecular complexity index is 572. The van der Waals surface area contributed by atoms with Crippen molar-refractivity contribution in [3.63, 3.8) is 0 Å². The van der Waals surface area contributed by atoms with Gasteiger partial charge in [-0.2, -0.15) is 0 Å². The van der Waals surface area contributed by atoms with Gasteiger partial charge in [-0.1, -0.05) is 0 Å². The number of imidazole rings is 1. The predicted molar refractivity (Wildman–Crippen MR) is 56.9 cm³/mol. The van der Waals surface area contributed by atoms with Gasteiger partial charge in [-0.15, -0.1) is 26.3 Å². The molecule has 0 spiro atoms. The van der Waals surface area contributed by atoms with Crippen molar-refractivity contribution in [3.05, 3.63) is 36.9 Å². The van der Waals surface area contributed by atoms with E-state index in [0.717, 1.165) is 12.1 Å². The van der Waals surface area contributed by atoms with E-state index in [2.05, 4.69) is 14.5 Å². The van der Waals surface area contributed by atoms with Gasteiger partial charge in [0.2, 0.25) is 0 Å². The molecule has 1 heterocycles. The molecule has 1 aromatic heterocycles. The van der Waals surface area contributed by atoms with Gasteiger partial charge in [0.1, 0.15) is 11.5 Å². The van der Waals surface area contributed by atoms with Crippen LogP contribution in [0.15, 0.2) is 36.9 Å². The Hall–Kier alpha value is -2.39. The molecule has 4 nitrogen and oxygen atoms in total. The average Bonchev–Trinajstić information content (AvgIpc) is 2.76. The number of hydrogen-bond donors (Lipinski definition) is 0. The quantitative estimate of drug-likeness (QED) is 0.811. The minimum atomic E-state index is -5.04. The first-order valence-electron chi connectivity index (χ1n) is 5.27. The second-order valence-corrected chi connectivity index (χ2v) is 3.73. The molecule has 0 atom stereocenters. The Morgan fingerprint density at radius 1 is 0.857 bits per heavy atom. The third kappa shape index (κ3) is 4.58. The lowest BCUT2D eigenvalue weighted by Crippen LogP contribution is -2.19. The van der Waals surface area contributed by atoms with E-state index in [1.165, 1.54) is 23.3 Å². The fourth-order valence-corrected chi connectivity index (χ4v) is 1.50. The van der Waals surface area contributed by atoms with Gasteiger partial charge in [0, 0.05) is 30.6 Å². The van der Waals surface area contributed by atoms with Gasteiger partial charge < -0.3 is 14.0 Å². The van der Waals surface area contributed by atoms with Crippen LogP contribution < -0.4 is 9.47 Å². The van der Waals surface area contributed by atoms with Crippen LogP contribution in [-0.4, -0.2) is 22.3 Å². The third-order valence-corrected chi connectivity index (χ3v) is 2.13. The van der Waals surface area contributed by atoms with E-state index in [0.29, 0.717) is 6.07 Å². The average molecular weight is 312 g/mol. The molecule has 0 radical (unpaired) electrons. The van der Waals surface area contributed by atoms with Crippen molar-refractivity contribution in [2.75, 3.05) is 0 Å². The van der Waals surface area contributed by atoms with Crippen LogP contribution in [0.25, 0.3) is 5.69 Å². The lowest BCUT2D eigenvalue weighted by Gasteiger charge is -2.14. The molecule has 0 amide bonds. The van der Waals surface area contributed by atoms with E-state index >= 15 is 0 Å². The van der Waals surface area contributed by atoms with Gasteiger partial charge >= 0.3 is 12.7 Å². The van der Waals surface area contributed by atoms with Crippen LogP contribution in [0.1, 0.15) is 0 Å². The maximum Gasteiger partial charge on any atom is 0.573 e. The van der Waals surface area contributed by atoms with E-state index in [9.17, 15) is 26.3 Å². The highest BCUT2D eigenvalue weighted by molar-refractivity contribution is 5.46. The fraction of sp³-hybridized carbons (Fsp3) is 0.182. The minimum Gasteiger partial charge on any atom is -0.406 e. The Labute approximate surface area is 113 Å². The second-order valence-electron chi connectivity index (χ2n) is 3.73. The zero-order valence-corrected chi connectivity index (χ0v) is 9.94. The largest absolute Gasteiger partial charge is 0.573 e. The molecule has 0 fully saturated rings. The highest BCUT2D eigenvalue weighted by Gasteiger charge is 2.34. The molecule has 0 saturated heterocycles. The minimum absolute atomic E-state index is 0.0338. The zero-order valence-electron chi connectivity index (χ0n) is 9.94. The number of rotatable bonds is 3. The highest BCUT2D eigenvalue weighted by atomic mass is 19.4. The van der Waals surface area contributed by atoms with Gasteiger partial charge in [-0.25, -0.2) is 4.98 Å². The Kier molecular flexibility index (Phi) is 3.71. The van der Waals surface area contributed by atoms with Crippen LogP contribution >= 0.6 is 0 Å². The van der Waals surface area contributed by atoms with E-state index in [-0.39, 0.29) is 5.69 Å². The summed E-state index contributed by atoms with van der Waals surface area (Å²) in [5, 5.41) is 0. The van der Waals surface area contributed by atoms with E-state index in [1.54, 1.807) is 0 Å². The molecule has 0 N–H and O–H groups in total. The summed E-state index contributed by atoms with van der Waals surface area (Å²) in [6.07, 6.45) is -6.23. The molecule has 10 heteroatoms. The normalized spacial score (nSPS) is 12.3. The van der Waals surface area contributed by atoms with Gasteiger partial charge in [0.25, 0.3) is 0 Å². The van der Waals surface area contributed by atoms with Gasteiger partial charge in [-0.05, 0) is 0 Å². The molecular weight excluding hydrogens is 306 g/mol. The van der Waals surface area contributed by atoms with Crippen molar-refractivity contribution in [2.24, 2.45) is 0 Å². The predicted octanol–water partition coefficient (Wildman–Crippen LogP) is 3.67. The standard InChI is InChI=1S/C11H6F6N2O2/c12-10(13,14)20-8-3-7(19-2-1-18-6-19)4-9(5-8)21-11(15,16)17/h1-6H. The number of hydrogen-bond acceptors (Lipinski definition) is 3. The van der Waals surface area contributed by atoms with Crippen LogP contribution in [0, 0.1) is 0 Å². The van der Waals surface area contributed by atoms with Crippen LogP contribution in [0.3, 0.4) is 0 Å². The molecule has 114 valence electrons. The van der Waals surface area contributed by atoms with Gasteiger partial charge in [0.15, 0.2) is 0 Å². The smallest absolute Gasteiger partial charge is 0.406 e. The van der Waals surface area contributed by atoms with Crippen molar-refractivity contribution < 1.29 is 35.8 Å². The zero-order chi connectivity index (χ0) is 15.7. The summed E-state index contributed by atoms with van der Waals surface area (Å²) < 4.78 is 81.5. The number of ether oxygens (including phenoxy) is 2. The van der Waals surface area contributed by atoms with Crippen molar-refractivity contribution >= 4 is 0 Å². The van der Waals surface area contributed by atoms with Crippen molar-refractivity contribution in [2.45, 2.75) is 12.7 Å². The van der Waals surface area contributed by atoms with Gasteiger partial charge in [0.05, 0.1) is 12.0 Å². The lowest BCUT2D eigenvalue weighted by molar-refractivity contribution is -0.276. The monoisotopic (exact) mass is 312 g/mol. The second kappa shape index (κ2) is 5.19. The molecule has 21 heavy (non-hydrogen) atoms. The van der Waals surface area contributed by atoms with E-state index < -0.39 is 24.2 Å². The highest BCUT2D eigenvalue weighted by Crippen LogP contribution is 2.32. The molecule has 0 bridgehead atoms. The molecule has 0 aliphatic rings. The molecule has 0 aliphatic heterocycles. The van der Waals surface area contributed by atoms with Crippen LogP contribution in [0.5, 0.6) is 11.5 Å². The molecule has 2 aromatic rings.